The highest BCUT2D eigenvalue weighted by molar-refractivity contribution is 6.33. The SMILES string of the molecule is O=C(O)c1cc(N/N=C/c2ccc(F)cc2)ccc1Cl. The molecule has 0 fully saturated rings. The van der Waals surface area contributed by atoms with Crippen molar-refractivity contribution in [3.05, 3.63) is 64.4 Å². The molecular formula is C14H10ClFN2O2. The Morgan fingerprint density at radius 3 is 2.60 bits per heavy atom. The van der Waals surface area contributed by atoms with Crippen LogP contribution in [-0.4, -0.2) is 17.3 Å². The van der Waals surface area contributed by atoms with Crippen LogP contribution in [0.15, 0.2) is 47.6 Å². The lowest BCUT2D eigenvalue weighted by molar-refractivity contribution is 0.0697. The Balaban J connectivity index is 2.09. The smallest absolute Gasteiger partial charge is 0.337 e. The number of carbonyl (C=O) groups is 1. The van der Waals surface area contributed by atoms with E-state index in [1.54, 1.807) is 18.2 Å². The fourth-order valence-corrected chi connectivity index (χ4v) is 1.69. The summed E-state index contributed by atoms with van der Waals surface area (Å²) in [6.07, 6.45) is 1.49. The highest BCUT2D eigenvalue weighted by Gasteiger charge is 2.08. The van der Waals surface area contributed by atoms with Crippen molar-refractivity contribution in [1.82, 2.24) is 0 Å². The number of benzene rings is 2. The van der Waals surface area contributed by atoms with Gasteiger partial charge in [0.05, 0.1) is 22.5 Å². The minimum atomic E-state index is -1.11. The van der Waals surface area contributed by atoms with Gasteiger partial charge in [-0.2, -0.15) is 5.10 Å². The molecule has 2 N–H and O–H groups in total. The van der Waals surface area contributed by atoms with Crippen molar-refractivity contribution in [3.63, 3.8) is 0 Å². The predicted octanol–water partition coefficient (Wildman–Crippen LogP) is 3.62. The van der Waals surface area contributed by atoms with E-state index >= 15 is 0 Å². The Morgan fingerprint density at radius 2 is 1.95 bits per heavy atom. The summed E-state index contributed by atoms with van der Waals surface area (Å²) in [5, 5.41) is 13.0. The van der Waals surface area contributed by atoms with Gasteiger partial charge in [-0.1, -0.05) is 23.7 Å². The van der Waals surface area contributed by atoms with Crippen LogP contribution in [0.5, 0.6) is 0 Å². The van der Waals surface area contributed by atoms with Gasteiger partial charge in [-0.15, -0.1) is 0 Å². The normalized spacial score (nSPS) is 10.7. The number of hydrazone groups is 1. The second kappa shape index (κ2) is 6.16. The van der Waals surface area contributed by atoms with Crippen molar-refractivity contribution in [1.29, 1.82) is 0 Å². The summed E-state index contributed by atoms with van der Waals surface area (Å²) in [7, 11) is 0. The van der Waals surface area contributed by atoms with Gasteiger partial charge in [-0.05, 0) is 35.9 Å². The van der Waals surface area contributed by atoms with Crippen LogP contribution in [0.4, 0.5) is 10.1 Å². The summed E-state index contributed by atoms with van der Waals surface area (Å²) >= 11 is 5.75. The van der Waals surface area contributed by atoms with Crippen LogP contribution in [0.2, 0.25) is 5.02 Å². The second-order valence-corrected chi connectivity index (χ2v) is 4.33. The molecule has 0 unspecified atom stereocenters. The molecule has 0 aliphatic carbocycles. The maximum Gasteiger partial charge on any atom is 0.337 e. The van der Waals surface area contributed by atoms with Crippen LogP contribution in [0, 0.1) is 5.82 Å². The third-order valence-electron chi connectivity index (χ3n) is 2.47. The number of rotatable bonds is 4. The first-order valence-corrected chi connectivity index (χ1v) is 6.01. The molecule has 0 bridgehead atoms. The number of aromatic carboxylic acids is 1. The summed E-state index contributed by atoms with van der Waals surface area (Å²) in [6.45, 7) is 0. The lowest BCUT2D eigenvalue weighted by atomic mass is 10.2. The van der Waals surface area contributed by atoms with Crippen molar-refractivity contribution in [2.45, 2.75) is 0 Å². The van der Waals surface area contributed by atoms with Gasteiger partial charge in [0.15, 0.2) is 0 Å². The summed E-state index contributed by atoms with van der Waals surface area (Å²) in [4.78, 5) is 10.9. The fourth-order valence-electron chi connectivity index (χ4n) is 1.49. The molecule has 2 aromatic carbocycles. The minimum absolute atomic E-state index is 0.00588. The number of halogens is 2. The molecule has 0 heterocycles. The van der Waals surface area contributed by atoms with Gasteiger partial charge in [0.1, 0.15) is 5.82 Å². The van der Waals surface area contributed by atoms with E-state index in [1.807, 2.05) is 0 Å². The van der Waals surface area contributed by atoms with E-state index in [-0.39, 0.29) is 16.4 Å². The van der Waals surface area contributed by atoms with E-state index in [2.05, 4.69) is 10.5 Å². The van der Waals surface area contributed by atoms with E-state index in [0.29, 0.717) is 11.3 Å². The highest BCUT2D eigenvalue weighted by atomic mass is 35.5. The zero-order valence-corrected chi connectivity index (χ0v) is 10.9. The van der Waals surface area contributed by atoms with E-state index in [9.17, 15) is 9.18 Å². The maximum atomic E-state index is 12.7. The first-order valence-electron chi connectivity index (χ1n) is 5.64. The average Bonchev–Trinajstić information content (AvgIpc) is 2.42. The third-order valence-corrected chi connectivity index (χ3v) is 2.80. The molecular weight excluding hydrogens is 283 g/mol. The monoisotopic (exact) mass is 292 g/mol. The molecule has 0 saturated heterocycles. The molecule has 20 heavy (non-hydrogen) atoms. The zero-order valence-electron chi connectivity index (χ0n) is 10.2. The third kappa shape index (κ3) is 3.55. The van der Waals surface area contributed by atoms with Gasteiger partial charge in [0.25, 0.3) is 0 Å². The Kier molecular flexibility index (Phi) is 4.32. The topological polar surface area (TPSA) is 61.7 Å². The number of hydrogen-bond donors (Lipinski definition) is 2. The predicted molar refractivity (Wildman–Crippen MR) is 76.0 cm³/mol. The molecule has 0 atom stereocenters. The molecule has 2 aromatic rings. The number of carboxylic acids is 1. The molecule has 0 saturated carbocycles. The lowest BCUT2D eigenvalue weighted by Crippen LogP contribution is -1.99. The summed E-state index contributed by atoms with van der Waals surface area (Å²) in [5.41, 5.74) is 3.88. The van der Waals surface area contributed by atoms with Crippen LogP contribution in [0.25, 0.3) is 0 Å². The van der Waals surface area contributed by atoms with Gasteiger partial charge >= 0.3 is 5.97 Å². The fraction of sp³-hybridized carbons (Fsp3) is 0. The first-order chi connectivity index (χ1) is 9.56. The first kappa shape index (κ1) is 14.0. The number of anilines is 1. The maximum absolute atomic E-state index is 12.7. The van der Waals surface area contributed by atoms with Gasteiger partial charge < -0.3 is 5.11 Å². The van der Waals surface area contributed by atoms with Crippen LogP contribution >= 0.6 is 11.6 Å². The summed E-state index contributed by atoms with van der Waals surface area (Å²) in [6, 6.07) is 10.3. The van der Waals surface area contributed by atoms with E-state index in [4.69, 9.17) is 16.7 Å². The molecule has 6 heteroatoms. The molecule has 0 spiro atoms. The van der Waals surface area contributed by atoms with Crippen LogP contribution in [0.1, 0.15) is 15.9 Å². The number of carboxylic acid groups (broad SMARTS) is 1. The summed E-state index contributed by atoms with van der Waals surface area (Å²) in [5.74, 6) is -1.43. The molecule has 102 valence electrons. The van der Waals surface area contributed by atoms with Gasteiger partial charge in [-0.3, -0.25) is 5.43 Å². The van der Waals surface area contributed by atoms with E-state index in [1.165, 1.54) is 30.5 Å². The van der Waals surface area contributed by atoms with Crippen molar-refractivity contribution in [2.24, 2.45) is 5.10 Å². The average molecular weight is 293 g/mol. The molecule has 0 aliphatic rings. The molecule has 0 amide bonds. The molecule has 4 nitrogen and oxygen atoms in total. The Labute approximate surface area is 119 Å². The lowest BCUT2D eigenvalue weighted by Gasteiger charge is -2.03. The molecule has 0 aromatic heterocycles. The largest absolute Gasteiger partial charge is 0.478 e. The number of nitrogens with zero attached hydrogens (tertiary/aromatic N) is 1. The molecule has 0 radical (unpaired) electrons. The number of hydrogen-bond acceptors (Lipinski definition) is 3. The standard InChI is InChI=1S/C14H10ClFN2O2/c15-13-6-5-11(7-12(13)14(19)20)18-17-8-9-1-3-10(16)4-2-9/h1-8,18H,(H,19,20)/b17-8+. The van der Waals surface area contributed by atoms with E-state index in [0.717, 1.165) is 0 Å². The number of nitrogens with one attached hydrogen (secondary N) is 1. The van der Waals surface area contributed by atoms with Crippen molar-refractivity contribution in [2.75, 3.05) is 5.43 Å². The Bertz CT molecular complexity index is 657. The van der Waals surface area contributed by atoms with Crippen molar-refractivity contribution in [3.8, 4) is 0 Å². The minimum Gasteiger partial charge on any atom is -0.478 e. The van der Waals surface area contributed by atoms with Gasteiger partial charge in [-0.25, -0.2) is 9.18 Å². The summed E-state index contributed by atoms with van der Waals surface area (Å²) < 4.78 is 12.7. The Hall–Kier alpha value is -2.40. The highest BCUT2D eigenvalue weighted by Crippen LogP contribution is 2.20. The van der Waals surface area contributed by atoms with Crippen LogP contribution in [0.3, 0.4) is 0 Å². The molecule has 0 aliphatic heterocycles. The van der Waals surface area contributed by atoms with Crippen LogP contribution < -0.4 is 5.43 Å². The van der Waals surface area contributed by atoms with Gasteiger partial charge in [0, 0.05) is 0 Å². The second-order valence-electron chi connectivity index (χ2n) is 3.92. The van der Waals surface area contributed by atoms with Crippen molar-refractivity contribution < 1.29 is 14.3 Å². The van der Waals surface area contributed by atoms with Crippen molar-refractivity contribution >= 4 is 29.5 Å². The quantitative estimate of drug-likeness (QED) is 0.668. The van der Waals surface area contributed by atoms with E-state index < -0.39 is 5.97 Å². The Morgan fingerprint density at radius 1 is 1.25 bits per heavy atom. The van der Waals surface area contributed by atoms with Crippen LogP contribution in [-0.2, 0) is 0 Å². The van der Waals surface area contributed by atoms with Gasteiger partial charge in [0.2, 0.25) is 0 Å². The zero-order chi connectivity index (χ0) is 14.5. The molecule has 2 rings (SSSR count).